The van der Waals surface area contributed by atoms with Crippen LogP contribution in [-0.2, 0) is 29.3 Å². The van der Waals surface area contributed by atoms with Crippen molar-refractivity contribution in [2.45, 2.75) is 24.2 Å². The molecule has 4 fully saturated rings. The minimum atomic E-state index is -1.46. The highest BCUT2D eigenvalue weighted by atomic mass is 79.9. The number of phenolic OH excluding ortho intramolecular Hbond substituents is 1. The quantitative estimate of drug-likeness (QED) is 0.163. The highest BCUT2D eigenvalue weighted by Crippen LogP contribution is 2.65. The average molecular weight is 823 g/mol. The minimum absolute atomic E-state index is 0.108. The highest BCUT2D eigenvalue weighted by Gasteiger charge is 2.70. The van der Waals surface area contributed by atoms with Crippen LogP contribution in [0.4, 0.5) is 17.1 Å². The van der Waals surface area contributed by atoms with Gasteiger partial charge in [0.15, 0.2) is 11.5 Å². The Hall–Kier alpha value is -4.97. The number of nitrogens with zero attached hydrogens (tertiary/aromatic N) is 3. The zero-order valence-electron chi connectivity index (χ0n) is 29.9. The molecule has 4 aromatic rings. The molecule has 0 aromatic heterocycles. The number of benzene rings is 4. The molecule has 12 heteroatoms. The molecule has 280 valence electrons. The summed E-state index contributed by atoms with van der Waals surface area (Å²) >= 11 is 9.94. The van der Waals surface area contributed by atoms with Gasteiger partial charge in [0.05, 0.1) is 59.3 Å². The molecule has 3 aliphatic heterocycles. The Morgan fingerprint density at radius 2 is 1.55 bits per heavy atom. The number of hydrogen-bond donors (Lipinski definition) is 1. The number of phenols is 1. The van der Waals surface area contributed by atoms with Crippen molar-refractivity contribution < 1.29 is 33.8 Å². The number of anilines is 3. The predicted octanol–water partition coefficient (Wildman–Crippen LogP) is 7.02. The second kappa shape index (κ2) is 13.6. The lowest BCUT2D eigenvalue weighted by Gasteiger charge is -2.50. The van der Waals surface area contributed by atoms with E-state index in [2.05, 4.69) is 20.8 Å². The van der Waals surface area contributed by atoms with Crippen LogP contribution in [0.5, 0.6) is 11.5 Å². The van der Waals surface area contributed by atoms with Crippen molar-refractivity contribution in [1.82, 2.24) is 0 Å². The van der Waals surface area contributed by atoms with Crippen LogP contribution >= 0.6 is 27.5 Å². The zero-order valence-corrected chi connectivity index (χ0v) is 32.2. The van der Waals surface area contributed by atoms with E-state index in [1.54, 1.807) is 36.4 Å². The number of carbonyl (C=O) groups is 4. The fourth-order valence-corrected chi connectivity index (χ4v) is 10.6. The topological polar surface area (TPSA) is 117 Å². The molecule has 0 spiro atoms. The summed E-state index contributed by atoms with van der Waals surface area (Å²) in [5.74, 6) is -4.98. The molecule has 6 atom stereocenters. The Bertz CT molecular complexity index is 2280. The van der Waals surface area contributed by atoms with Crippen LogP contribution in [0.3, 0.4) is 0 Å². The largest absolute Gasteiger partial charge is 0.503 e. The maximum atomic E-state index is 15.5. The molecule has 10 nitrogen and oxygen atoms in total. The fraction of sp³-hybridized carbons (Fsp3) is 0.302. The summed E-state index contributed by atoms with van der Waals surface area (Å²) in [4.78, 5) is 64.3. The molecule has 55 heavy (non-hydrogen) atoms. The molecule has 9 rings (SSSR count). The van der Waals surface area contributed by atoms with Crippen molar-refractivity contribution in [2.24, 2.45) is 23.7 Å². The molecule has 1 saturated carbocycles. The molecular formula is C43H37BrClN3O7. The van der Waals surface area contributed by atoms with Gasteiger partial charge < -0.3 is 19.5 Å². The molecule has 5 aliphatic rings. The van der Waals surface area contributed by atoms with Crippen LogP contribution in [0.25, 0.3) is 0 Å². The molecule has 3 heterocycles. The van der Waals surface area contributed by atoms with Gasteiger partial charge in [-0.1, -0.05) is 59.6 Å². The third kappa shape index (κ3) is 5.38. The van der Waals surface area contributed by atoms with E-state index in [1.165, 1.54) is 16.9 Å². The average Bonchev–Trinajstić information content (AvgIpc) is 3.60. The number of allylic oxidation sites excluding steroid dienone is 2. The van der Waals surface area contributed by atoms with Crippen molar-refractivity contribution in [3.05, 3.63) is 123 Å². The van der Waals surface area contributed by atoms with Crippen molar-refractivity contribution in [3.8, 4) is 11.5 Å². The summed E-state index contributed by atoms with van der Waals surface area (Å²) < 4.78 is 11.5. The van der Waals surface area contributed by atoms with Gasteiger partial charge in [-0.2, -0.15) is 0 Å². The van der Waals surface area contributed by atoms with Crippen LogP contribution in [0.1, 0.15) is 29.9 Å². The van der Waals surface area contributed by atoms with E-state index in [0.29, 0.717) is 45.2 Å². The van der Waals surface area contributed by atoms with E-state index in [1.807, 2.05) is 60.7 Å². The summed E-state index contributed by atoms with van der Waals surface area (Å²) in [5.41, 5.74) is 2.45. The molecule has 0 bridgehead atoms. The monoisotopic (exact) mass is 821 g/mol. The number of amides is 4. The van der Waals surface area contributed by atoms with Gasteiger partial charge in [0.25, 0.3) is 0 Å². The molecule has 2 aliphatic carbocycles. The van der Waals surface area contributed by atoms with E-state index >= 15 is 9.59 Å². The van der Waals surface area contributed by atoms with E-state index in [-0.39, 0.29) is 36.2 Å². The summed E-state index contributed by atoms with van der Waals surface area (Å²) in [6, 6.07) is 26.9. The summed E-state index contributed by atoms with van der Waals surface area (Å²) in [6.07, 6.45) is 2.46. The van der Waals surface area contributed by atoms with Crippen LogP contribution in [0, 0.1) is 23.7 Å². The normalized spacial score (nSPS) is 27.5. The van der Waals surface area contributed by atoms with Gasteiger partial charge in [0.1, 0.15) is 0 Å². The Morgan fingerprint density at radius 1 is 0.818 bits per heavy atom. The van der Waals surface area contributed by atoms with Crippen LogP contribution in [-0.4, -0.2) is 62.1 Å². The number of imide groups is 2. The first-order valence-corrected chi connectivity index (χ1v) is 19.6. The first-order valence-electron chi connectivity index (χ1n) is 18.4. The van der Waals surface area contributed by atoms with Gasteiger partial charge in [-0.05, 0) is 100 Å². The Kier molecular flexibility index (Phi) is 8.86. The Balaban J connectivity index is 1.20. The summed E-state index contributed by atoms with van der Waals surface area (Å²) in [6.45, 7) is 2.79. The van der Waals surface area contributed by atoms with Gasteiger partial charge in [-0.3, -0.25) is 24.1 Å². The van der Waals surface area contributed by atoms with Gasteiger partial charge in [-0.15, -0.1) is 0 Å². The van der Waals surface area contributed by atoms with E-state index in [9.17, 15) is 14.7 Å². The Labute approximate surface area is 331 Å². The molecule has 4 amide bonds. The number of ether oxygens (including phenoxy) is 2. The van der Waals surface area contributed by atoms with Crippen molar-refractivity contribution in [3.63, 3.8) is 0 Å². The fourth-order valence-electron chi connectivity index (χ4n) is 9.92. The zero-order chi connectivity index (χ0) is 38.2. The lowest BCUT2D eigenvalue weighted by molar-refractivity contribution is -0.127. The summed E-state index contributed by atoms with van der Waals surface area (Å²) in [5, 5.41) is 11.3. The lowest BCUT2D eigenvalue weighted by Crippen LogP contribution is -2.53. The van der Waals surface area contributed by atoms with Crippen molar-refractivity contribution in [1.29, 1.82) is 0 Å². The van der Waals surface area contributed by atoms with Gasteiger partial charge in [-0.25, -0.2) is 4.90 Å². The van der Waals surface area contributed by atoms with Gasteiger partial charge in [0, 0.05) is 29.7 Å². The number of methoxy groups -OCH3 is 1. The van der Waals surface area contributed by atoms with Crippen LogP contribution in [0.2, 0.25) is 5.02 Å². The first-order chi connectivity index (χ1) is 26.6. The van der Waals surface area contributed by atoms with E-state index in [0.717, 1.165) is 24.4 Å². The molecule has 3 saturated heterocycles. The Morgan fingerprint density at radius 3 is 2.25 bits per heavy atom. The minimum Gasteiger partial charge on any atom is -0.503 e. The second-order valence-corrected chi connectivity index (χ2v) is 16.1. The lowest BCUT2D eigenvalue weighted by atomic mass is 9.49. The van der Waals surface area contributed by atoms with Gasteiger partial charge >= 0.3 is 0 Å². The third-order valence-corrected chi connectivity index (χ3v) is 13.1. The standard InChI is InChI=1S/C43H37BrClN3O7/c1-54-35-21-24(20-34(44)38(35)49)37-30-14-15-31-36(41(52)47(39(31)50)28-12-10-27(11-13-28)46-16-18-55-19-17-46)32(30)23-33-40(51)48(29-9-5-8-26(45)22-29)42(53)43(33,37)25-6-3-2-4-7-25/h2-14,20-22,31-33,36-37,49H,15-19,23H2,1H3. The summed E-state index contributed by atoms with van der Waals surface area (Å²) in [7, 11) is 1.45. The number of halogens is 2. The number of fused-ring (bicyclic) bond motifs is 4. The van der Waals surface area contributed by atoms with Crippen LogP contribution in [0.15, 0.2) is 107 Å². The number of morpholine rings is 1. The number of rotatable bonds is 6. The van der Waals surface area contributed by atoms with Crippen molar-refractivity contribution >= 4 is 68.2 Å². The predicted molar refractivity (Wildman–Crippen MR) is 210 cm³/mol. The highest BCUT2D eigenvalue weighted by molar-refractivity contribution is 9.10. The van der Waals surface area contributed by atoms with Crippen LogP contribution < -0.4 is 19.4 Å². The van der Waals surface area contributed by atoms with Gasteiger partial charge in [0.2, 0.25) is 23.6 Å². The first kappa shape index (κ1) is 35.7. The molecule has 1 N–H and O–H groups in total. The molecule has 0 radical (unpaired) electrons. The maximum absolute atomic E-state index is 15.5. The molecular weight excluding hydrogens is 786 g/mol. The number of carbonyl (C=O) groups excluding carboxylic acids is 4. The second-order valence-electron chi connectivity index (χ2n) is 14.8. The number of aromatic hydroxyl groups is 1. The SMILES string of the molecule is COc1cc(C2C3=CCC4C(=O)N(c5ccc(N6CCOCC6)cc5)C(=O)C4C3CC3C(=O)N(c4cccc(Cl)c4)C(=O)C32c2ccccc2)cc(Br)c1O. The molecule has 4 aromatic carbocycles. The van der Waals surface area contributed by atoms with E-state index in [4.69, 9.17) is 21.1 Å². The van der Waals surface area contributed by atoms with E-state index < -0.39 is 46.8 Å². The maximum Gasteiger partial charge on any atom is 0.246 e. The molecule has 6 unspecified atom stereocenters. The van der Waals surface area contributed by atoms with Crippen molar-refractivity contribution in [2.75, 3.05) is 48.1 Å². The number of hydrogen-bond acceptors (Lipinski definition) is 8. The third-order valence-electron chi connectivity index (χ3n) is 12.3. The smallest absolute Gasteiger partial charge is 0.246 e.